The smallest absolute Gasteiger partial charge is 0.492 e. The van der Waals surface area contributed by atoms with Crippen molar-refractivity contribution in [1.82, 2.24) is 0 Å². The molecule has 1 aromatic carbocycles. The van der Waals surface area contributed by atoms with Gasteiger partial charge in [-0.05, 0) is 12.1 Å². The Morgan fingerprint density at radius 2 is 2.06 bits per heavy atom. The maximum atomic E-state index is 12.1. The first-order valence-corrected chi connectivity index (χ1v) is 5.53. The Bertz CT molecular complexity index is 418. The summed E-state index contributed by atoms with van der Waals surface area (Å²) in [5.41, 5.74) is 0.0334. The monoisotopic (exact) mass is 312 g/mol. The van der Waals surface area contributed by atoms with Crippen molar-refractivity contribution in [2.75, 3.05) is 12.4 Å². The van der Waals surface area contributed by atoms with Crippen LogP contribution in [0, 0.1) is 0 Å². The highest BCUT2D eigenvalue weighted by Gasteiger charge is 2.33. The summed E-state index contributed by atoms with van der Waals surface area (Å²) < 4.78 is 44.8. The lowest BCUT2D eigenvalue weighted by molar-refractivity contribution is -0.275. The molecular weight excluding hydrogens is 305 g/mol. The number of ketones is 1. The van der Waals surface area contributed by atoms with E-state index in [1.54, 1.807) is 0 Å². The number of halogens is 4. The highest BCUT2D eigenvalue weighted by atomic mass is 79.9. The summed E-state index contributed by atoms with van der Waals surface area (Å²) in [6.45, 7) is 0. The van der Waals surface area contributed by atoms with Crippen LogP contribution in [0.25, 0.3) is 0 Å². The number of carbonyl (C=O) groups excluding carboxylic acids is 1. The summed E-state index contributed by atoms with van der Waals surface area (Å²) in [6.07, 6.45) is -4.83. The molecule has 1 aromatic rings. The van der Waals surface area contributed by atoms with E-state index in [2.05, 4.69) is 20.7 Å². The molecular formula is C10H8BrF3O3. The molecule has 0 aromatic heterocycles. The van der Waals surface area contributed by atoms with E-state index in [-0.39, 0.29) is 16.6 Å². The van der Waals surface area contributed by atoms with Gasteiger partial charge in [-0.25, -0.2) is 0 Å². The molecule has 0 aliphatic heterocycles. The number of carbonyl (C=O) groups is 1. The van der Waals surface area contributed by atoms with Gasteiger partial charge in [-0.15, -0.1) is 13.2 Å². The van der Waals surface area contributed by atoms with Gasteiger partial charge in [-0.1, -0.05) is 22.0 Å². The molecule has 0 aliphatic carbocycles. The first kappa shape index (κ1) is 13.8. The fraction of sp³-hybridized carbons (Fsp3) is 0.300. The second kappa shape index (κ2) is 5.39. The summed E-state index contributed by atoms with van der Waals surface area (Å²) in [5.74, 6) is -1.16. The van der Waals surface area contributed by atoms with Crippen molar-refractivity contribution in [3.05, 3.63) is 23.8 Å². The molecule has 1 rings (SSSR count). The van der Waals surface area contributed by atoms with Gasteiger partial charge in [0.25, 0.3) is 0 Å². The fourth-order valence-electron chi connectivity index (χ4n) is 1.22. The van der Waals surface area contributed by atoms with Gasteiger partial charge < -0.3 is 9.47 Å². The standard InChI is InChI=1S/C10H8BrF3O3/c1-16-9-6(7(15)5-11)3-2-4-8(9)17-10(12,13)14/h2-4H,5H2,1H3. The Morgan fingerprint density at radius 3 is 2.53 bits per heavy atom. The Labute approximate surface area is 104 Å². The van der Waals surface area contributed by atoms with Crippen molar-refractivity contribution >= 4 is 21.7 Å². The maximum absolute atomic E-state index is 12.1. The number of Topliss-reactive ketones (excluding diaryl/α,β-unsaturated/α-hetero) is 1. The molecule has 0 aliphatic rings. The number of benzene rings is 1. The summed E-state index contributed by atoms with van der Waals surface area (Å²) in [7, 11) is 1.17. The lowest BCUT2D eigenvalue weighted by Gasteiger charge is -2.14. The van der Waals surface area contributed by atoms with Crippen LogP contribution in [0.4, 0.5) is 13.2 Å². The van der Waals surface area contributed by atoms with Crippen molar-refractivity contribution in [3.8, 4) is 11.5 Å². The minimum absolute atomic E-state index is 0.0150. The van der Waals surface area contributed by atoms with E-state index < -0.39 is 17.9 Å². The molecule has 0 spiro atoms. The number of para-hydroxylation sites is 1. The number of rotatable bonds is 4. The number of hydrogen-bond acceptors (Lipinski definition) is 3. The highest BCUT2D eigenvalue weighted by Crippen LogP contribution is 2.35. The van der Waals surface area contributed by atoms with Gasteiger partial charge in [0.15, 0.2) is 17.3 Å². The third kappa shape index (κ3) is 3.62. The average Bonchev–Trinajstić information content (AvgIpc) is 2.25. The van der Waals surface area contributed by atoms with Crippen LogP contribution in [0.3, 0.4) is 0 Å². The van der Waals surface area contributed by atoms with E-state index in [9.17, 15) is 18.0 Å². The van der Waals surface area contributed by atoms with Gasteiger partial charge in [0, 0.05) is 0 Å². The second-order valence-electron chi connectivity index (χ2n) is 2.94. The first-order valence-electron chi connectivity index (χ1n) is 4.41. The highest BCUT2D eigenvalue weighted by molar-refractivity contribution is 9.09. The maximum Gasteiger partial charge on any atom is 0.573 e. The molecule has 3 nitrogen and oxygen atoms in total. The van der Waals surface area contributed by atoms with E-state index in [0.717, 1.165) is 6.07 Å². The molecule has 0 atom stereocenters. The largest absolute Gasteiger partial charge is 0.573 e. The normalized spacial score (nSPS) is 11.1. The van der Waals surface area contributed by atoms with Gasteiger partial charge in [0.2, 0.25) is 0 Å². The zero-order chi connectivity index (χ0) is 13.1. The van der Waals surface area contributed by atoms with Crippen molar-refractivity contribution in [2.24, 2.45) is 0 Å². The Balaban J connectivity index is 3.19. The Kier molecular flexibility index (Phi) is 4.39. The molecule has 0 heterocycles. The summed E-state index contributed by atoms with van der Waals surface area (Å²) >= 11 is 2.93. The van der Waals surface area contributed by atoms with Gasteiger partial charge >= 0.3 is 6.36 Å². The molecule has 0 saturated carbocycles. The summed E-state index contributed by atoms with van der Waals surface area (Å²) in [6, 6.07) is 3.74. The van der Waals surface area contributed by atoms with E-state index in [4.69, 9.17) is 4.74 Å². The molecule has 0 amide bonds. The zero-order valence-electron chi connectivity index (χ0n) is 8.68. The zero-order valence-corrected chi connectivity index (χ0v) is 10.3. The van der Waals surface area contributed by atoms with Crippen LogP contribution in [0.1, 0.15) is 10.4 Å². The minimum Gasteiger partial charge on any atom is -0.492 e. The molecule has 0 N–H and O–H groups in total. The van der Waals surface area contributed by atoms with Crippen molar-refractivity contribution in [2.45, 2.75) is 6.36 Å². The van der Waals surface area contributed by atoms with Crippen LogP contribution in [-0.4, -0.2) is 24.6 Å². The Morgan fingerprint density at radius 1 is 1.41 bits per heavy atom. The molecule has 94 valence electrons. The lowest BCUT2D eigenvalue weighted by Crippen LogP contribution is -2.18. The predicted molar refractivity (Wildman–Crippen MR) is 57.8 cm³/mol. The molecule has 0 fully saturated rings. The van der Waals surface area contributed by atoms with Gasteiger partial charge in [0.1, 0.15) is 0 Å². The van der Waals surface area contributed by atoms with E-state index in [1.165, 1.54) is 19.2 Å². The van der Waals surface area contributed by atoms with Gasteiger partial charge in [0.05, 0.1) is 18.0 Å². The van der Waals surface area contributed by atoms with Crippen LogP contribution in [-0.2, 0) is 0 Å². The van der Waals surface area contributed by atoms with Crippen LogP contribution >= 0.6 is 15.9 Å². The molecule has 17 heavy (non-hydrogen) atoms. The van der Waals surface area contributed by atoms with E-state index in [0.29, 0.717) is 0 Å². The SMILES string of the molecule is COc1c(OC(F)(F)F)cccc1C(=O)CBr. The quantitative estimate of drug-likeness (QED) is 0.633. The van der Waals surface area contributed by atoms with Crippen molar-refractivity contribution in [3.63, 3.8) is 0 Å². The van der Waals surface area contributed by atoms with Gasteiger partial charge in [-0.3, -0.25) is 4.79 Å². The van der Waals surface area contributed by atoms with E-state index in [1.807, 2.05) is 0 Å². The molecule has 0 bridgehead atoms. The topological polar surface area (TPSA) is 35.5 Å². The van der Waals surface area contributed by atoms with Gasteiger partial charge in [-0.2, -0.15) is 0 Å². The summed E-state index contributed by atoms with van der Waals surface area (Å²) in [4.78, 5) is 11.4. The van der Waals surface area contributed by atoms with Crippen LogP contribution in [0.15, 0.2) is 18.2 Å². The molecule has 0 unspecified atom stereocenters. The third-order valence-corrected chi connectivity index (χ3v) is 2.34. The average molecular weight is 313 g/mol. The molecule has 7 heteroatoms. The summed E-state index contributed by atoms with van der Waals surface area (Å²) in [5, 5.41) is -0.0150. The molecule has 0 radical (unpaired) electrons. The lowest BCUT2D eigenvalue weighted by atomic mass is 10.1. The third-order valence-electron chi connectivity index (χ3n) is 1.83. The van der Waals surface area contributed by atoms with Crippen molar-refractivity contribution in [1.29, 1.82) is 0 Å². The minimum atomic E-state index is -4.83. The number of ether oxygens (including phenoxy) is 2. The molecule has 0 saturated heterocycles. The number of hydrogen-bond donors (Lipinski definition) is 0. The fourth-order valence-corrected chi connectivity index (χ4v) is 1.53. The number of methoxy groups -OCH3 is 1. The second-order valence-corrected chi connectivity index (χ2v) is 3.50. The van der Waals surface area contributed by atoms with E-state index >= 15 is 0 Å². The number of alkyl halides is 4. The Hall–Kier alpha value is -1.24. The predicted octanol–water partition coefficient (Wildman–Crippen LogP) is 3.17. The van der Waals surface area contributed by atoms with Crippen molar-refractivity contribution < 1.29 is 27.4 Å². The van der Waals surface area contributed by atoms with Crippen LogP contribution in [0.2, 0.25) is 0 Å². The van der Waals surface area contributed by atoms with Crippen LogP contribution < -0.4 is 9.47 Å². The van der Waals surface area contributed by atoms with Crippen LogP contribution in [0.5, 0.6) is 11.5 Å². The first-order chi connectivity index (χ1) is 7.89.